The number of halogens is 1. The molecule has 2 heterocycles. The van der Waals surface area contributed by atoms with Crippen LogP contribution in [0.2, 0.25) is 5.02 Å². The first-order valence-corrected chi connectivity index (χ1v) is 9.13. The Labute approximate surface area is 167 Å². The fraction of sp³-hybridized carbons (Fsp3) is 0.136. The minimum absolute atomic E-state index is 0.0992. The summed E-state index contributed by atoms with van der Waals surface area (Å²) in [6.45, 7) is 1.60. The molecular formula is C22H15ClN4O. The third-order valence-corrected chi connectivity index (χ3v) is 4.78. The minimum atomic E-state index is -0.0992. The first-order valence-electron chi connectivity index (χ1n) is 8.75. The molecule has 0 bridgehead atoms. The van der Waals surface area contributed by atoms with Crippen LogP contribution in [0.25, 0.3) is 0 Å². The number of rotatable bonds is 1. The molecular weight excluding hydrogens is 372 g/mol. The molecule has 0 unspecified atom stereocenters. The van der Waals surface area contributed by atoms with Crippen LogP contribution < -0.4 is 0 Å². The summed E-state index contributed by atoms with van der Waals surface area (Å²) in [7, 11) is 0. The van der Waals surface area contributed by atoms with Gasteiger partial charge in [-0.15, -0.1) is 0 Å². The molecule has 3 aromatic rings. The summed E-state index contributed by atoms with van der Waals surface area (Å²) in [6.07, 6.45) is 1.73. The van der Waals surface area contributed by atoms with E-state index in [0.717, 1.165) is 17.1 Å². The van der Waals surface area contributed by atoms with Crippen molar-refractivity contribution >= 4 is 17.5 Å². The molecule has 0 atom stereocenters. The molecule has 28 heavy (non-hydrogen) atoms. The number of aromatic nitrogens is 2. The second kappa shape index (κ2) is 7.60. The van der Waals surface area contributed by atoms with Gasteiger partial charge >= 0.3 is 0 Å². The van der Waals surface area contributed by atoms with Crippen LogP contribution in [-0.2, 0) is 13.1 Å². The van der Waals surface area contributed by atoms with Gasteiger partial charge in [-0.05, 0) is 42.3 Å². The molecule has 5 nitrogen and oxygen atoms in total. The Balaban J connectivity index is 1.53. The summed E-state index contributed by atoms with van der Waals surface area (Å²) in [4.78, 5) is 18.9. The lowest BCUT2D eigenvalue weighted by atomic mass is 10.1. The van der Waals surface area contributed by atoms with Gasteiger partial charge in [0.05, 0.1) is 24.4 Å². The highest BCUT2D eigenvalue weighted by atomic mass is 35.5. The first-order chi connectivity index (χ1) is 13.6. The molecule has 4 rings (SSSR count). The van der Waals surface area contributed by atoms with Crippen molar-refractivity contribution in [3.8, 4) is 17.9 Å². The number of nitriles is 1. The fourth-order valence-electron chi connectivity index (χ4n) is 3.14. The maximum atomic E-state index is 12.8. The summed E-state index contributed by atoms with van der Waals surface area (Å²) >= 11 is 6.00. The number of fused-ring (bicyclic) bond motifs is 1. The molecule has 0 spiro atoms. The fourth-order valence-corrected chi connectivity index (χ4v) is 3.33. The van der Waals surface area contributed by atoms with Crippen LogP contribution >= 0.6 is 11.6 Å². The molecule has 6 heteroatoms. The van der Waals surface area contributed by atoms with E-state index in [1.165, 1.54) is 0 Å². The predicted octanol–water partition coefficient (Wildman–Crippen LogP) is 3.46. The Morgan fingerprint density at radius 1 is 1.07 bits per heavy atom. The zero-order valence-corrected chi connectivity index (χ0v) is 15.6. The molecule has 0 saturated carbocycles. The zero-order chi connectivity index (χ0) is 19.5. The van der Waals surface area contributed by atoms with Gasteiger partial charge < -0.3 is 9.47 Å². The second-order valence-electron chi connectivity index (χ2n) is 6.39. The highest BCUT2D eigenvalue weighted by Crippen LogP contribution is 2.17. The van der Waals surface area contributed by atoms with Gasteiger partial charge in [0.1, 0.15) is 11.5 Å². The van der Waals surface area contributed by atoms with E-state index in [4.69, 9.17) is 16.9 Å². The Hall–Kier alpha value is -3.54. The molecule has 0 aliphatic carbocycles. The van der Waals surface area contributed by atoms with E-state index in [9.17, 15) is 4.79 Å². The highest BCUT2D eigenvalue weighted by Gasteiger charge is 2.24. The van der Waals surface area contributed by atoms with Crippen LogP contribution in [0, 0.1) is 23.2 Å². The summed E-state index contributed by atoms with van der Waals surface area (Å²) in [6, 6.07) is 16.2. The summed E-state index contributed by atoms with van der Waals surface area (Å²) in [5, 5.41) is 9.68. The van der Waals surface area contributed by atoms with Crippen LogP contribution in [0.4, 0.5) is 0 Å². The SMILES string of the molecule is N#Cc1cccc(C(=O)N2CCn3c(C#Cc4cccc(Cl)c4)cnc3C2)c1. The number of hydrogen-bond donors (Lipinski definition) is 0. The van der Waals surface area contributed by atoms with E-state index in [-0.39, 0.29) is 5.91 Å². The Bertz CT molecular complexity index is 1160. The van der Waals surface area contributed by atoms with Crippen molar-refractivity contribution in [2.75, 3.05) is 6.54 Å². The van der Waals surface area contributed by atoms with Crippen molar-refractivity contribution in [1.82, 2.24) is 14.5 Å². The van der Waals surface area contributed by atoms with Gasteiger partial charge in [0.2, 0.25) is 0 Å². The monoisotopic (exact) mass is 386 g/mol. The maximum absolute atomic E-state index is 12.8. The number of carbonyl (C=O) groups excluding carboxylic acids is 1. The first kappa shape index (κ1) is 17.9. The Kier molecular flexibility index (Phi) is 4.85. The van der Waals surface area contributed by atoms with Gasteiger partial charge in [0.25, 0.3) is 5.91 Å². The summed E-state index contributed by atoms with van der Waals surface area (Å²) in [5.41, 5.74) is 2.64. The third-order valence-electron chi connectivity index (χ3n) is 4.55. The smallest absolute Gasteiger partial charge is 0.254 e. The zero-order valence-electron chi connectivity index (χ0n) is 14.9. The van der Waals surface area contributed by atoms with Gasteiger partial charge in [-0.2, -0.15) is 5.26 Å². The minimum Gasteiger partial charge on any atom is -0.329 e. The second-order valence-corrected chi connectivity index (χ2v) is 6.83. The van der Waals surface area contributed by atoms with Crippen molar-refractivity contribution in [2.45, 2.75) is 13.1 Å². The van der Waals surface area contributed by atoms with Crippen LogP contribution in [0.3, 0.4) is 0 Å². The number of benzene rings is 2. The number of imidazole rings is 1. The maximum Gasteiger partial charge on any atom is 0.254 e. The molecule has 136 valence electrons. The van der Waals surface area contributed by atoms with Gasteiger partial charge in [-0.1, -0.05) is 29.7 Å². The van der Waals surface area contributed by atoms with Gasteiger partial charge in [-0.25, -0.2) is 4.98 Å². The molecule has 0 N–H and O–H groups in total. The van der Waals surface area contributed by atoms with Crippen LogP contribution in [0.1, 0.15) is 33.0 Å². The molecule has 0 saturated heterocycles. The summed E-state index contributed by atoms with van der Waals surface area (Å²) in [5.74, 6) is 6.94. The van der Waals surface area contributed by atoms with E-state index in [0.29, 0.717) is 35.8 Å². The number of nitrogens with zero attached hydrogens (tertiary/aromatic N) is 4. The van der Waals surface area contributed by atoms with E-state index < -0.39 is 0 Å². The van der Waals surface area contributed by atoms with Gasteiger partial charge in [0.15, 0.2) is 0 Å². The van der Waals surface area contributed by atoms with Crippen molar-refractivity contribution in [3.63, 3.8) is 0 Å². The van der Waals surface area contributed by atoms with Crippen molar-refractivity contribution in [3.05, 3.63) is 88.0 Å². The van der Waals surface area contributed by atoms with Crippen LogP contribution in [0.5, 0.6) is 0 Å². The molecule has 1 aliphatic heterocycles. The van der Waals surface area contributed by atoms with E-state index >= 15 is 0 Å². The number of hydrogen-bond acceptors (Lipinski definition) is 3. The Morgan fingerprint density at radius 3 is 2.71 bits per heavy atom. The molecule has 2 aromatic carbocycles. The lowest BCUT2D eigenvalue weighted by Gasteiger charge is -2.28. The lowest BCUT2D eigenvalue weighted by molar-refractivity contribution is 0.0707. The Morgan fingerprint density at radius 2 is 1.89 bits per heavy atom. The van der Waals surface area contributed by atoms with Crippen LogP contribution in [-0.4, -0.2) is 26.9 Å². The average Bonchev–Trinajstić information content (AvgIpc) is 3.14. The number of amides is 1. The van der Waals surface area contributed by atoms with Crippen molar-refractivity contribution in [2.24, 2.45) is 0 Å². The molecule has 1 aromatic heterocycles. The topological polar surface area (TPSA) is 61.9 Å². The largest absolute Gasteiger partial charge is 0.329 e. The highest BCUT2D eigenvalue weighted by molar-refractivity contribution is 6.30. The van der Waals surface area contributed by atoms with Crippen molar-refractivity contribution in [1.29, 1.82) is 5.26 Å². The summed E-state index contributed by atoms with van der Waals surface area (Å²) < 4.78 is 2.03. The number of carbonyl (C=O) groups is 1. The normalized spacial score (nSPS) is 12.5. The molecule has 0 radical (unpaired) electrons. The predicted molar refractivity (Wildman–Crippen MR) is 106 cm³/mol. The van der Waals surface area contributed by atoms with Crippen LogP contribution in [0.15, 0.2) is 54.7 Å². The van der Waals surface area contributed by atoms with Crippen molar-refractivity contribution < 1.29 is 4.79 Å². The third kappa shape index (κ3) is 3.62. The van der Waals surface area contributed by atoms with E-state index in [1.807, 2.05) is 28.8 Å². The quantitative estimate of drug-likeness (QED) is 0.602. The molecule has 1 amide bonds. The van der Waals surface area contributed by atoms with E-state index in [2.05, 4.69) is 22.9 Å². The van der Waals surface area contributed by atoms with E-state index in [1.54, 1.807) is 35.4 Å². The van der Waals surface area contributed by atoms with Gasteiger partial charge in [-0.3, -0.25) is 4.79 Å². The lowest BCUT2D eigenvalue weighted by Crippen LogP contribution is -2.38. The average molecular weight is 387 g/mol. The standard InChI is InChI=1S/C22H15ClN4O/c23-19-6-2-3-16(12-19)7-8-20-14-25-21-15-26(9-10-27(20)21)22(28)18-5-1-4-17(11-18)13-24/h1-6,11-12,14H,9-10,15H2. The molecule has 1 aliphatic rings. The van der Waals surface area contributed by atoms with Gasteiger partial charge in [0, 0.05) is 29.2 Å². The molecule has 0 fully saturated rings.